The SMILES string of the molecule is CN(CC(O)C1CC1)C(=O)NC1CCCC1. The minimum atomic E-state index is -0.334. The molecule has 1 atom stereocenters. The summed E-state index contributed by atoms with van der Waals surface area (Å²) >= 11 is 0. The first kappa shape index (κ1) is 11.7. The average Bonchev–Trinajstić information content (AvgIpc) is 2.98. The largest absolute Gasteiger partial charge is 0.391 e. The van der Waals surface area contributed by atoms with E-state index >= 15 is 0 Å². The molecular weight excluding hydrogens is 204 g/mol. The van der Waals surface area contributed by atoms with E-state index in [2.05, 4.69) is 5.32 Å². The van der Waals surface area contributed by atoms with Gasteiger partial charge in [0.2, 0.25) is 0 Å². The monoisotopic (exact) mass is 226 g/mol. The van der Waals surface area contributed by atoms with Crippen molar-refractivity contribution < 1.29 is 9.90 Å². The lowest BCUT2D eigenvalue weighted by atomic mass is 10.2. The molecule has 0 aromatic rings. The number of likely N-dealkylation sites (N-methyl/N-ethyl adjacent to an activating group) is 1. The van der Waals surface area contributed by atoms with Crippen LogP contribution in [0.2, 0.25) is 0 Å². The lowest BCUT2D eigenvalue weighted by molar-refractivity contribution is 0.112. The van der Waals surface area contributed by atoms with E-state index in [4.69, 9.17) is 0 Å². The van der Waals surface area contributed by atoms with E-state index in [-0.39, 0.29) is 12.1 Å². The van der Waals surface area contributed by atoms with Crippen molar-refractivity contribution in [2.45, 2.75) is 50.7 Å². The lowest BCUT2D eigenvalue weighted by Gasteiger charge is -2.23. The molecule has 1 unspecified atom stereocenters. The Kier molecular flexibility index (Phi) is 3.69. The van der Waals surface area contributed by atoms with Crippen LogP contribution in [0.4, 0.5) is 4.79 Å². The maximum absolute atomic E-state index is 11.8. The van der Waals surface area contributed by atoms with E-state index in [0.29, 0.717) is 18.5 Å². The number of carbonyl (C=O) groups excluding carboxylic acids is 1. The topological polar surface area (TPSA) is 52.6 Å². The van der Waals surface area contributed by atoms with E-state index in [0.717, 1.165) is 25.7 Å². The normalized spacial score (nSPS) is 23.1. The zero-order valence-corrected chi connectivity index (χ0v) is 9.98. The van der Waals surface area contributed by atoms with Gasteiger partial charge in [0.05, 0.1) is 6.10 Å². The molecule has 92 valence electrons. The Hall–Kier alpha value is -0.770. The molecule has 2 N–H and O–H groups in total. The first-order valence-electron chi connectivity index (χ1n) is 6.36. The van der Waals surface area contributed by atoms with Crippen molar-refractivity contribution in [3.63, 3.8) is 0 Å². The average molecular weight is 226 g/mol. The second kappa shape index (κ2) is 5.04. The second-order valence-corrected chi connectivity index (χ2v) is 5.22. The molecule has 0 aromatic carbocycles. The predicted octanol–water partition coefficient (Wildman–Crippen LogP) is 1.34. The summed E-state index contributed by atoms with van der Waals surface area (Å²) in [7, 11) is 1.76. The van der Waals surface area contributed by atoms with Crippen molar-refractivity contribution in [1.29, 1.82) is 0 Å². The van der Waals surface area contributed by atoms with Crippen molar-refractivity contribution in [2.75, 3.05) is 13.6 Å². The molecule has 0 radical (unpaired) electrons. The van der Waals surface area contributed by atoms with Gasteiger partial charge in [-0.05, 0) is 31.6 Å². The van der Waals surface area contributed by atoms with Crippen LogP contribution in [0, 0.1) is 5.92 Å². The molecule has 0 bridgehead atoms. The fourth-order valence-corrected chi connectivity index (χ4v) is 2.35. The van der Waals surface area contributed by atoms with Crippen molar-refractivity contribution in [1.82, 2.24) is 10.2 Å². The molecule has 0 aliphatic heterocycles. The smallest absolute Gasteiger partial charge is 0.317 e. The Labute approximate surface area is 97.0 Å². The quantitative estimate of drug-likeness (QED) is 0.760. The first-order valence-corrected chi connectivity index (χ1v) is 6.36. The van der Waals surface area contributed by atoms with Crippen LogP contribution in [-0.2, 0) is 0 Å². The molecule has 4 heteroatoms. The van der Waals surface area contributed by atoms with E-state index in [1.54, 1.807) is 11.9 Å². The van der Waals surface area contributed by atoms with Gasteiger partial charge in [0, 0.05) is 19.6 Å². The highest BCUT2D eigenvalue weighted by atomic mass is 16.3. The number of hydrogen-bond acceptors (Lipinski definition) is 2. The summed E-state index contributed by atoms with van der Waals surface area (Å²) in [4.78, 5) is 13.4. The molecule has 4 nitrogen and oxygen atoms in total. The molecule has 16 heavy (non-hydrogen) atoms. The van der Waals surface area contributed by atoms with Crippen molar-refractivity contribution in [3.8, 4) is 0 Å². The van der Waals surface area contributed by atoms with Crippen LogP contribution in [-0.4, -0.2) is 41.8 Å². The number of carbonyl (C=O) groups is 1. The Balaban J connectivity index is 1.70. The minimum absolute atomic E-state index is 0.0356. The number of aliphatic hydroxyl groups excluding tert-OH is 1. The van der Waals surface area contributed by atoms with Crippen molar-refractivity contribution in [3.05, 3.63) is 0 Å². The Bertz CT molecular complexity index is 247. The Morgan fingerprint density at radius 3 is 2.56 bits per heavy atom. The first-order chi connectivity index (χ1) is 7.66. The van der Waals surface area contributed by atoms with Crippen LogP contribution >= 0.6 is 0 Å². The fourth-order valence-electron chi connectivity index (χ4n) is 2.35. The standard InChI is InChI=1S/C12H22N2O2/c1-14(8-11(15)9-6-7-9)12(16)13-10-4-2-3-5-10/h9-11,15H,2-8H2,1H3,(H,13,16). The minimum Gasteiger partial charge on any atom is -0.391 e. The number of urea groups is 1. The highest BCUT2D eigenvalue weighted by Crippen LogP contribution is 2.32. The third-order valence-corrected chi connectivity index (χ3v) is 3.66. The van der Waals surface area contributed by atoms with Gasteiger partial charge in [0.25, 0.3) is 0 Å². The summed E-state index contributed by atoms with van der Waals surface area (Å²) in [6.45, 7) is 0.462. The van der Waals surface area contributed by atoms with Crippen LogP contribution in [0.3, 0.4) is 0 Å². The van der Waals surface area contributed by atoms with Gasteiger partial charge in [-0.15, -0.1) is 0 Å². The van der Waals surface area contributed by atoms with Crippen LogP contribution in [0.1, 0.15) is 38.5 Å². The molecule has 2 fully saturated rings. The molecule has 0 spiro atoms. The lowest BCUT2D eigenvalue weighted by Crippen LogP contribution is -2.45. The van der Waals surface area contributed by atoms with Gasteiger partial charge in [-0.1, -0.05) is 12.8 Å². The van der Waals surface area contributed by atoms with Crippen LogP contribution in [0.15, 0.2) is 0 Å². The number of nitrogens with zero attached hydrogens (tertiary/aromatic N) is 1. The van der Waals surface area contributed by atoms with E-state index in [1.165, 1.54) is 12.8 Å². The third kappa shape index (κ3) is 3.11. The second-order valence-electron chi connectivity index (χ2n) is 5.22. The molecule has 2 saturated carbocycles. The predicted molar refractivity (Wildman–Crippen MR) is 62.1 cm³/mol. The van der Waals surface area contributed by atoms with E-state index in [1.807, 2.05) is 0 Å². The molecule has 0 heterocycles. The number of amides is 2. The summed E-state index contributed by atoms with van der Waals surface area (Å²) in [6, 6.07) is 0.319. The molecule has 2 aliphatic rings. The summed E-state index contributed by atoms with van der Waals surface area (Å²) in [6.07, 6.45) is 6.53. The summed E-state index contributed by atoms with van der Waals surface area (Å²) < 4.78 is 0. The Morgan fingerprint density at radius 1 is 1.38 bits per heavy atom. The van der Waals surface area contributed by atoms with Crippen molar-refractivity contribution in [2.24, 2.45) is 5.92 Å². The molecule has 0 aromatic heterocycles. The molecule has 2 rings (SSSR count). The van der Waals surface area contributed by atoms with Gasteiger partial charge in [-0.3, -0.25) is 0 Å². The van der Waals surface area contributed by atoms with E-state index < -0.39 is 0 Å². The summed E-state index contributed by atoms with van der Waals surface area (Å²) in [5, 5.41) is 12.8. The number of aliphatic hydroxyl groups is 1. The van der Waals surface area contributed by atoms with Crippen LogP contribution < -0.4 is 5.32 Å². The Morgan fingerprint density at radius 2 is 2.00 bits per heavy atom. The van der Waals surface area contributed by atoms with Gasteiger partial charge in [0.1, 0.15) is 0 Å². The zero-order valence-electron chi connectivity index (χ0n) is 9.98. The maximum Gasteiger partial charge on any atom is 0.317 e. The molecule has 0 saturated heterocycles. The number of nitrogens with one attached hydrogen (secondary N) is 1. The van der Waals surface area contributed by atoms with Gasteiger partial charge in [-0.25, -0.2) is 4.79 Å². The third-order valence-electron chi connectivity index (χ3n) is 3.66. The van der Waals surface area contributed by atoms with Crippen LogP contribution in [0.5, 0.6) is 0 Å². The zero-order chi connectivity index (χ0) is 11.5. The van der Waals surface area contributed by atoms with Gasteiger partial charge in [-0.2, -0.15) is 0 Å². The van der Waals surface area contributed by atoms with Gasteiger partial charge < -0.3 is 15.3 Å². The summed E-state index contributed by atoms with van der Waals surface area (Å²) in [5.74, 6) is 0.432. The van der Waals surface area contributed by atoms with Crippen molar-refractivity contribution >= 4 is 6.03 Å². The molecule has 2 aliphatic carbocycles. The van der Waals surface area contributed by atoms with E-state index in [9.17, 15) is 9.90 Å². The van der Waals surface area contributed by atoms with Gasteiger partial charge >= 0.3 is 6.03 Å². The molecular formula is C12H22N2O2. The molecule has 2 amide bonds. The van der Waals surface area contributed by atoms with Gasteiger partial charge in [0.15, 0.2) is 0 Å². The highest BCUT2D eigenvalue weighted by molar-refractivity contribution is 5.74. The maximum atomic E-state index is 11.8. The number of rotatable bonds is 4. The summed E-state index contributed by atoms with van der Waals surface area (Å²) in [5.41, 5.74) is 0. The number of hydrogen-bond donors (Lipinski definition) is 2. The highest BCUT2D eigenvalue weighted by Gasteiger charge is 2.31. The van der Waals surface area contributed by atoms with Crippen LogP contribution in [0.25, 0.3) is 0 Å². The fraction of sp³-hybridized carbons (Fsp3) is 0.917.